The summed E-state index contributed by atoms with van der Waals surface area (Å²) in [4.78, 5) is 18.3. The molecule has 0 spiro atoms. The number of likely N-dealkylation sites (tertiary alicyclic amines) is 1. The minimum atomic E-state index is -0.114. The van der Waals surface area contributed by atoms with Gasteiger partial charge in [-0.2, -0.15) is 0 Å². The standard InChI is InChI=1S/C19H25N3O2/c1-2-24-18(23)15-21-11-8-16(9-12-21)14-22-13-10-20-19(22)17-6-4-3-5-7-17/h3-7,10,13,16H,2,8-9,11-12,14-15H2,1H3. The van der Waals surface area contributed by atoms with E-state index in [9.17, 15) is 4.79 Å². The van der Waals surface area contributed by atoms with Gasteiger partial charge in [0, 0.05) is 24.5 Å². The van der Waals surface area contributed by atoms with Gasteiger partial charge in [-0.1, -0.05) is 30.3 Å². The van der Waals surface area contributed by atoms with Gasteiger partial charge in [0.2, 0.25) is 0 Å². The van der Waals surface area contributed by atoms with Gasteiger partial charge in [-0.05, 0) is 38.8 Å². The number of benzene rings is 1. The van der Waals surface area contributed by atoms with Crippen molar-refractivity contribution in [2.75, 3.05) is 26.2 Å². The van der Waals surface area contributed by atoms with E-state index in [4.69, 9.17) is 4.74 Å². The van der Waals surface area contributed by atoms with E-state index in [2.05, 4.69) is 32.8 Å². The van der Waals surface area contributed by atoms with Crippen LogP contribution in [0.1, 0.15) is 19.8 Å². The molecule has 1 aromatic heterocycles. The van der Waals surface area contributed by atoms with Crippen molar-refractivity contribution in [2.45, 2.75) is 26.3 Å². The molecule has 0 radical (unpaired) electrons. The van der Waals surface area contributed by atoms with Crippen LogP contribution in [0.15, 0.2) is 42.7 Å². The predicted octanol–water partition coefficient (Wildman–Crippen LogP) is 2.83. The Labute approximate surface area is 143 Å². The van der Waals surface area contributed by atoms with E-state index in [0.29, 0.717) is 19.1 Å². The summed E-state index contributed by atoms with van der Waals surface area (Å²) in [5.41, 5.74) is 1.15. The SMILES string of the molecule is CCOC(=O)CN1CCC(Cn2ccnc2-c2ccccc2)CC1. The maximum atomic E-state index is 11.6. The smallest absolute Gasteiger partial charge is 0.320 e. The zero-order valence-electron chi connectivity index (χ0n) is 14.2. The molecule has 2 aromatic rings. The third-order valence-corrected chi connectivity index (χ3v) is 4.57. The summed E-state index contributed by atoms with van der Waals surface area (Å²) in [6, 6.07) is 10.3. The van der Waals surface area contributed by atoms with E-state index in [1.165, 1.54) is 0 Å². The lowest BCUT2D eigenvalue weighted by Gasteiger charge is -2.31. The summed E-state index contributed by atoms with van der Waals surface area (Å²) in [7, 11) is 0. The lowest BCUT2D eigenvalue weighted by atomic mass is 9.96. The second-order valence-electron chi connectivity index (χ2n) is 6.29. The number of ether oxygens (including phenoxy) is 1. The van der Waals surface area contributed by atoms with Gasteiger partial charge in [0.1, 0.15) is 5.82 Å². The first-order valence-corrected chi connectivity index (χ1v) is 8.70. The molecule has 0 unspecified atom stereocenters. The monoisotopic (exact) mass is 327 g/mol. The molecule has 0 bridgehead atoms. The summed E-state index contributed by atoms with van der Waals surface area (Å²) < 4.78 is 7.28. The van der Waals surface area contributed by atoms with Crippen molar-refractivity contribution in [1.29, 1.82) is 0 Å². The van der Waals surface area contributed by atoms with E-state index in [1.54, 1.807) is 0 Å². The maximum Gasteiger partial charge on any atom is 0.320 e. The maximum absolute atomic E-state index is 11.6. The summed E-state index contributed by atoms with van der Waals surface area (Å²) in [5.74, 6) is 1.54. The minimum Gasteiger partial charge on any atom is -0.465 e. The Kier molecular flexibility index (Phi) is 5.64. The summed E-state index contributed by atoms with van der Waals surface area (Å²) in [6.45, 7) is 5.62. The average molecular weight is 327 g/mol. The van der Waals surface area contributed by atoms with Gasteiger partial charge >= 0.3 is 5.97 Å². The Hall–Kier alpha value is -2.14. The van der Waals surface area contributed by atoms with Gasteiger partial charge in [0.05, 0.1) is 13.2 Å². The Morgan fingerprint density at radius 1 is 1.25 bits per heavy atom. The summed E-state index contributed by atoms with van der Waals surface area (Å²) in [5, 5.41) is 0. The number of carbonyl (C=O) groups is 1. The topological polar surface area (TPSA) is 47.4 Å². The molecule has 0 saturated carbocycles. The van der Waals surface area contributed by atoms with Crippen LogP contribution in [0.25, 0.3) is 11.4 Å². The Morgan fingerprint density at radius 3 is 2.71 bits per heavy atom. The fourth-order valence-electron chi connectivity index (χ4n) is 3.30. The minimum absolute atomic E-state index is 0.114. The molecule has 128 valence electrons. The highest BCUT2D eigenvalue weighted by Gasteiger charge is 2.22. The quantitative estimate of drug-likeness (QED) is 0.766. The van der Waals surface area contributed by atoms with Gasteiger partial charge in [0.25, 0.3) is 0 Å². The van der Waals surface area contributed by atoms with Crippen LogP contribution in [0.3, 0.4) is 0 Å². The van der Waals surface area contributed by atoms with Crippen LogP contribution >= 0.6 is 0 Å². The highest BCUT2D eigenvalue weighted by molar-refractivity contribution is 5.71. The summed E-state index contributed by atoms with van der Waals surface area (Å²) >= 11 is 0. The van der Waals surface area contributed by atoms with E-state index in [-0.39, 0.29) is 5.97 Å². The van der Waals surface area contributed by atoms with Crippen LogP contribution in [-0.2, 0) is 16.1 Å². The molecule has 0 N–H and O–H groups in total. The number of piperidine rings is 1. The number of hydrogen-bond acceptors (Lipinski definition) is 4. The second kappa shape index (κ2) is 8.11. The molecule has 1 aromatic carbocycles. The number of nitrogens with zero attached hydrogens (tertiary/aromatic N) is 3. The number of imidazole rings is 1. The number of carbonyl (C=O) groups excluding carboxylic acids is 1. The molecular formula is C19H25N3O2. The fraction of sp³-hybridized carbons (Fsp3) is 0.474. The van der Waals surface area contributed by atoms with Crippen molar-refractivity contribution in [1.82, 2.24) is 14.5 Å². The molecule has 5 heteroatoms. The third kappa shape index (κ3) is 4.23. The van der Waals surface area contributed by atoms with Gasteiger partial charge in [0.15, 0.2) is 0 Å². The molecule has 1 fully saturated rings. The Morgan fingerprint density at radius 2 is 2.00 bits per heavy atom. The molecule has 1 aliphatic rings. The molecule has 5 nitrogen and oxygen atoms in total. The van der Waals surface area contributed by atoms with Crippen LogP contribution in [-0.4, -0.2) is 46.7 Å². The average Bonchev–Trinajstić information content (AvgIpc) is 3.06. The summed E-state index contributed by atoms with van der Waals surface area (Å²) in [6.07, 6.45) is 6.14. The van der Waals surface area contributed by atoms with Gasteiger partial charge in [-0.3, -0.25) is 9.69 Å². The first-order chi connectivity index (χ1) is 11.8. The molecule has 2 heterocycles. The molecule has 0 atom stereocenters. The van der Waals surface area contributed by atoms with E-state index in [1.807, 2.05) is 31.3 Å². The molecule has 0 amide bonds. The van der Waals surface area contributed by atoms with Crippen molar-refractivity contribution in [3.8, 4) is 11.4 Å². The molecule has 1 aliphatic heterocycles. The number of aromatic nitrogens is 2. The number of hydrogen-bond donors (Lipinski definition) is 0. The molecule has 3 rings (SSSR count). The van der Waals surface area contributed by atoms with E-state index >= 15 is 0 Å². The van der Waals surface area contributed by atoms with Crippen LogP contribution in [0, 0.1) is 5.92 Å². The lowest BCUT2D eigenvalue weighted by Crippen LogP contribution is -2.38. The lowest BCUT2D eigenvalue weighted by molar-refractivity contribution is -0.144. The largest absolute Gasteiger partial charge is 0.465 e. The van der Waals surface area contributed by atoms with Crippen LogP contribution in [0.5, 0.6) is 0 Å². The van der Waals surface area contributed by atoms with Gasteiger partial charge in [-0.25, -0.2) is 4.98 Å². The van der Waals surface area contributed by atoms with E-state index in [0.717, 1.165) is 43.9 Å². The molecule has 1 saturated heterocycles. The van der Waals surface area contributed by atoms with Crippen LogP contribution < -0.4 is 0 Å². The van der Waals surface area contributed by atoms with Crippen molar-refractivity contribution in [3.63, 3.8) is 0 Å². The number of esters is 1. The zero-order valence-corrected chi connectivity index (χ0v) is 14.2. The predicted molar refractivity (Wildman–Crippen MR) is 93.5 cm³/mol. The van der Waals surface area contributed by atoms with Crippen molar-refractivity contribution >= 4 is 5.97 Å². The molecule has 24 heavy (non-hydrogen) atoms. The van der Waals surface area contributed by atoms with Crippen molar-refractivity contribution in [2.24, 2.45) is 5.92 Å². The fourth-order valence-corrected chi connectivity index (χ4v) is 3.30. The molecule has 0 aliphatic carbocycles. The van der Waals surface area contributed by atoms with Crippen molar-refractivity contribution < 1.29 is 9.53 Å². The van der Waals surface area contributed by atoms with Gasteiger partial charge < -0.3 is 9.30 Å². The van der Waals surface area contributed by atoms with E-state index < -0.39 is 0 Å². The molecular weight excluding hydrogens is 302 g/mol. The third-order valence-electron chi connectivity index (χ3n) is 4.57. The van der Waals surface area contributed by atoms with Crippen LogP contribution in [0.4, 0.5) is 0 Å². The Balaban J connectivity index is 1.54. The normalized spacial score (nSPS) is 16.2. The first-order valence-electron chi connectivity index (χ1n) is 8.70. The van der Waals surface area contributed by atoms with Crippen molar-refractivity contribution in [3.05, 3.63) is 42.7 Å². The second-order valence-corrected chi connectivity index (χ2v) is 6.29. The Bertz CT molecular complexity index is 646. The zero-order chi connectivity index (χ0) is 16.8. The van der Waals surface area contributed by atoms with Gasteiger partial charge in [-0.15, -0.1) is 0 Å². The number of rotatable bonds is 6. The van der Waals surface area contributed by atoms with Crippen LogP contribution in [0.2, 0.25) is 0 Å². The highest BCUT2D eigenvalue weighted by atomic mass is 16.5. The highest BCUT2D eigenvalue weighted by Crippen LogP contribution is 2.23. The first kappa shape index (κ1) is 16.7.